The van der Waals surface area contributed by atoms with Gasteiger partial charge in [0.15, 0.2) is 0 Å². The Kier molecular flexibility index (Phi) is 9.37. The second-order valence-corrected chi connectivity index (χ2v) is 9.68. The molecule has 1 aromatic heterocycles. The van der Waals surface area contributed by atoms with E-state index in [-0.39, 0.29) is 12.4 Å². The van der Waals surface area contributed by atoms with Gasteiger partial charge in [-0.15, -0.1) is 12.4 Å². The molecule has 0 saturated carbocycles. The van der Waals surface area contributed by atoms with E-state index in [1.54, 1.807) is 0 Å². The van der Waals surface area contributed by atoms with Crippen molar-refractivity contribution >= 4 is 18.1 Å². The number of hydrogen-bond donors (Lipinski definition) is 1. The maximum Gasteiger partial charge on any atom is 0.0991 e. The molecule has 5 nitrogen and oxygen atoms in total. The molecule has 37 heavy (non-hydrogen) atoms. The number of halogens is 1. The minimum absolute atomic E-state index is 0. The Bertz CT molecular complexity index is 1260. The molecule has 1 N–H and O–H groups in total. The quantitative estimate of drug-likeness (QED) is 0.316. The average Bonchev–Trinajstić information content (AvgIpc) is 3.36. The summed E-state index contributed by atoms with van der Waals surface area (Å²) < 4.78 is 2.24. The van der Waals surface area contributed by atoms with E-state index in [4.69, 9.17) is 5.26 Å². The van der Waals surface area contributed by atoms with Gasteiger partial charge in [0, 0.05) is 55.7 Å². The molecule has 0 aliphatic carbocycles. The van der Waals surface area contributed by atoms with Crippen LogP contribution in [0.2, 0.25) is 0 Å². The fourth-order valence-electron chi connectivity index (χ4n) is 5.16. The van der Waals surface area contributed by atoms with E-state index in [1.165, 1.54) is 22.5 Å². The highest BCUT2D eigenvalue weighted by Gasteiger charge is 2.23. The Labute approximate surface area is 226 Å². The lowest BCUT2D eigenvalue weighted by atomic mass is 9.97. The van der Waals surface area contributed by atoms with Crippen molar-refractivity contribution in [1.29, 1.82) is 5.26 Å². The van der Waals surface area contributed by atoms with Crippen molar-refractivity contribution in [3.63, 3.8) is 0 Å². The highest BCUT2D eigenvalue weighted by atomic mass is 35.5. The molecule has 1 atom stereocenters. The van der Waals surface area contributed by atoms with Crippen molar-refractivity contribution in [2.45, 2.75) is 44.3 Å². The number of imidazole rings is 1. The molecule has 0 amide bonds. The number of nitrogens with one attached hydrogen (secondary N) is 1. The van der Waals surface area contributed by atoms with Gasteiger partial charge in [0.1, 0.15) is 0 Å². The lowest BCUT2D eigenvalue weighted by molar-refractivity contribution is 0.358. The van der Waals surface area contributed by atoms with Crippen molar-refractivity contribution in [2.75, 3.05) is 18.0 Å². The van der Waals surface area contributed by atoms with Crippen LogP contribution in [0.15, 0.2) is 97.5 Å². The van der Waals surface area contributed by atoms with E-state index in [2.05, 4.69) is 86.5 Å². The van der Waals surface area contributed by atoms with Gasteiger partial charge in [0.2, 0.25) is 0 Å². The first-order valence-corrected chi connectivity index (χ1v) is 12.8. The number of rotatable bonds is 9. The largest absolute Gasteiger partial charge is 0.371 e. The SMILES string of the molecule is Cl.N#Cc1ccc(Cn2cncc2CC(Cc2ccccc2)NC2CCN(c3ccccc3)CC2)cc1. The number of piperidine rings is 1. The van der Waals surface area contributed by atoms with Gasteiger partial charge in [0.05, 0.1) is 18.0 Å². The summed E-state index contributed by atoms with van der Waals surface area (Å²) >= 11 is 0. The van der Waals surface area contributed by atoms with Crippen LogP contribution in [0.3, 0.4) is 0 Å². The molecule has 2 heterocycles. The van der Waals surface area contributed by atoms with Crippen LogP contribution in [0.1, 0.15) is 35.2 Å². The van der Waals surface area contributed by atoms with Crippen molar-refractivity contribution in [3.8, 4) is 6.07 Å². The summed E-state index contributed by atoms with van der Waals surface area (Å²) in [6.45, 7) is 2.92. The standard InChI is InChI=1S/C31H33N5.ClH/c32-21-26-11-13-27(14-12-26)23-36-24-33-22-31(36)20-29(19-25-7-3-1-4-8-25)34-28-15-17-35(18-16-28)30-9-5-2-6-10-30;/h1-14,22,24,28-29,34H,15-20,23H2;1H. The molecule has 4 aromatic rings. The van der Waals surface area contributed by atoms with Crippen molar-refractivity contribution < 1.29 is 0 Å². The van der Waals surface area contributed by atoms with Crippen LogP contribution in [0.25, 0.3) is 0 Å². The van der Waals surface area contributed by atoms with Crippen LogP contribution in [-0.4, -0.2) is 34.7 Å². The van der Waals surface area contributed by atoms with Crippen molar-refractivity contribution in [1.82, 2.24) is 14.9 Å². The molecular weight excluding hydrogens is 478 g/mol. The molecule has 5 rings (SSSR count). The van der Waals surface area contributed by atoms with Crippen LogP contribution < -0.4 is 10.2 Å². The second-order valence-electron chi connectivity index (χ2n) is 9.68. The van der Waals surface area contributed by atoms with Gasteiger partial charge in [-0.3, -0.25) is 0 Å². The van der Waals surface area contributed by atoms with Gasteiger partial charge in [-0.2, -0.15) is 5.26 Å². The van der Waals surface area contributed by atoms with E-state index in [9.17, 15) is 0 Å². The zero-order chi connectivity index (χ0) is 24.6. The van der Waals surface area contributed by atoms with E-state index < -0.39 is 0 Å². The molecule has 1 aliphatic heterocycles. The molecular formula is C31H34ClN5. The van der Waals surface area contributed by atoms with Crippen LogP contribution in [0, 0.1) is 11.3 Å². The molecule has 0 bridgehead atoms. The predicted octanol–water partition coefficient (Wildman–Crippen LogP) is 5.64. The average molecular weight is 512 g/mol. The maximum atomic E-state index is 9.08. The topological polar surface area (TPSA) is 56.9 Å². The van der Waals surface area contributed by atoms with Crippen LogP contribution in [0.4, 0.5) is 5.69 Å². The third kappa shape index (κ3) is 7.22. The van der Waals surface area contributed by atoms with Crippen LogP contribution in [-0.2, 0) is 19.4 Å². The Balaban J connectivity index is 0.00000320. The number of aromatic nitrogens is 2. The molecule has 1 fully saturated rings. The number of benzene rings is 3. The summed E-state index contributed by atoms with van der Waals surface area (Å²) in [7, 11) is 0. The molecule has 1 aliphatic rings. The van der Waals surface area contributed by atoms with E-state index in [0.29, 0.717) is 17.6 Å². The lowest BCUT2D eigenvalue weighted by Gasteiger charge is -2.36. The summed E-state index contributed by atoms with van der Waals surface area (Å²) in [6.07, 6.45) is 8.12. The normalized spacial score (nSPS) is 14.5. The third-order valence-corrected chi connectivity index (χ3v) is 7.10. The summed E-state index contributed by atoms with van der Waals surface area (Å²) in [6, 6.07) is 32.4. The maximum absolute atomic E-state index is 9.08. The molecule has 6 heteroatoms. The van der Waals surface area contributed by atoms with Gasteiger partial charge in [-0.1, -0.05) is 60.7 Å². The third-order valence-electron chi connectivity index (χ3n) is 7.10. The number of hydrogen-bond acceptors (Lipinski definition) is 4. The van der Waals surface area contributed by atoms with Crippen molar-refractivity contribution in [2.24, 2.45) is 0 Å². The van der Waals surface area contributed by atoms with Crippen LogP contribution in [0.5, 0.6) is 0 Å². The molecule has 0 radical (unpaired) electrons. The minimum atomic E-state index is 0. The summed E-state index contributed by atoms with van der Waals surface area (Å²) in [4.78, 5) is 6.98. The monoisotopic (exact) mass is 511 g/mol. The Morgan fingerprint density at radius 3 is 2.22 bits per heavy atom. The molecule has 190 valence electrons. The van der Waals surface area contributed by atoms with E-state index >= 15 is 0 Å². The Hall–Kier alpha value is -3.59. The first-order chi connectivity index (χ1) is 17.8. The number of para-hydroxylation sites is 1. The first-order valence-electron chi connectivity index (χ1n) is 12.8. The molecule has 1 saturated heterocycles. The fraction of sp³-hybridized carbons (Fsp3) is 0.290. The number of nitriles is 1. The molecule has 1 unspecified atom stereocenters. The zero-order valence-electron chi connectivity index (χ0n) is 21.0. The zero-order valence-corrected chi connectivity index (χ0v) is 21.9. The smallest absolute Gasteiger partial charge is 0.0991 e. The van der Waals surface area contributed by atoms with Gasteiger partial charge in [0.25, 0.3) is 0 Å². The highest BCUT2D eigenvalue weighted by molar-refractivity contribution is 5.85. The number of anilines is 1. The first kappa shape index (κ1) is 26.5. The predicted molar refractivity (Wildman–Crippen MR) is 152 cm³/mol. The van der Waals surface area contributed by atoms with Gasteiger partial charge in [-0.25, -0.2) is 4.98 Å². The van der Waals surface area contributed by atoms with Gasteiger partial charge < -0.3 is 14.8 Å². The van der Waals surface area contributed by atoms with Gasteiger partial charge >= 0.3 is 0 Å². The Morgan fingerprint density at radius 2 is 1.54 bits per heavy atom. The fourth-order valence-corrected chi connectivity index (χ4v) is 5.16. The highest BCUT2D eigenvalue weighted by Crippen LogP contribution is 2.21. The van der Waals surface area contributed by atoms with E-state index in [1.807, 2.05) is 36.8 Å². The summed E-state index contributed by atoms with van der Waals surface area (Å²) in [5.74, 6) is 0. The molecule has 0 spiro atoms. The van der Waals surface area contributed by atoms with Gasteiger partial charge in [-0.05, 0) is 54.7 Å². The van der Waals surface area contributed by atoms with E-state index in [0.717, 1.165) is 45.3 Å². The summed E-state index contributed by atoms with van der Waals surface area (Å²) in [5.41, 5.74) is 5.78. The molecule has 3 aromatic carbocycles. The number of nitrogens with zero attached hydrogens (tertiary/aromatic N) is 4. The Morgan fingerprint density at radius 1 is 0.865 bits per heavy atom. The van der Waals surface area contributed by atoms with Crippen molar-refractivity contribution in [3.05, 3.63) is 120 Å². The lowest BCUT2D eigenvalue weighted by Crippen LogP contribution is -2.47. The summed E-state index contributed by atoms with van der Waals surface area (Å²) in [5, 5.41) is 13.1. The van der Waals surface area contributed by atoms with Crippen LogP contribution >= 0.6 is 12.4 Å². The minimum Gasteiger partial charge on any atom is -0.371 e. The second kappa shape index (κ2) is 13.1.